The van der Waals surface area contributed by atoms with Crippen LogP contribution in [0.2, 0.25) is 0 Å². The Morgan fingerprint density at radius 2 is 1.69 bits per heavy atom. The zero-order valence-corrected chi connectivity index (χ0v) is 18.9. The molecule has 2 N–H and O–H groups in total. The summed E-state index contributed by atoms with van der Waals surface area (Å²) in [5, 5.41) is 3.00. The summed E-state index contributed by atoms with van der Waals surface area (Å²) in [6, 6.07) is 5.64. The van der Waals surface area contributed by atoms with Crippen molar-refractivity contribution in [3.8, 4) is 11.5 Å². The lowest BCUT2D eigenvalue weighted by atomic mass is 9.86. The maximum Gasteiger partial charge on any atom is 0.223 e. The third-order valence-corrected chi connectivity index (χ3v) is 7.64. The van der Waals surface area contributed by atoms with Crippen molar-refractivity contribution in [3.63, 3.8) is 0 Å². The van der Waals surface area contributed by atoms with Crippen molar-refractivity contribution in [3.05, 3.63) is 23.8 Å². The van der Waals surface area contributed by atoms with Crippen LogP contribution in [0.1, 0.15) is 52.0 Å². The van der Waals surface area contributed by atoms with Crippen molar-refractivity contribution in [1.82, 2.24) is 10.0 Å². The number of nitrogens with one attached hydrogen (secondary N) is 2. The van der Waals surface area contributed by atoms with Gasteiger partial charge in [-0.25, -0.2) is 13.1 Å². The number of ether oxygens (including phenoxy) is 2. The van der Waals surface area contributed by atoms with Gasteiger partial charge in [0.1, 0.15) is 0 Å². The van der Waals surface area contributed by atoms with E-state index in [-0.39, 0.29) is 17.9 Å². The van der Waals surface area contributed by atoms with E-state index < -0.39 is 14.8 Å². The minimum Gasteiger partial charge on any atom is -0.493 e. The molecule has 0 radical (unpaired) electrons. The Morgan fingerprint density at radius 3 is 2.24 bits per heavy atom. The predicted octanol–water partition coefficient (Wildman–Crippen LogP) is 2.64. The third-order valence-electron chi connectivity index (χ3n) is 5.39. The van der Waals surface area contributed by atoms with Crippen molar-refractivity contribution >= 4 is 15.9 Å². The van der Waals surface area contributed by atoms with Crippen LogP contribution < -0.4 is 19.5 Å². The summed E-state index contributed by atoms with van der Waals surface area (Å²) in [7, 11) is -0.164. The highest BCUT2D eigenvalue weighted by Gasteiger charge is 2.33. The molecule has 7 nitrogen and oxygen atoms in total. The lowest BCUT2D eigenvalue weighted by Gasteiger charge is -2.30. The molecule has 1 aliphatic rings. The number of rotatable bonds is 8. The van der Waals surface area contributed by atoms with Crippen LogP contribution in [0.4, 0.5) is 0 Å². The number of methoxy groups -OCH3 is 2. The van der Waals surface area contributed by atoms with Crippen LogP contribution in [0, 0.1) is 5.92 Å². The van der Waals surface area contributed by atoms with Gasteiger partial charge in [0.25, 0.3) is 0 Å². The first kappa shape index (κ1) is 23.5. The van der Waals surface area contributed by atoms with E-state index in [2.05, 4.69) is 10.0 Å². The molecule has 1 amide bonds. The van der Waals surface area contributed by atoms with Crippen LogP contribution in [0.15, 0.2) is 18.2 Å². The smallest absolute Gasteiger partial charge is 0.223 e. The second-order valence-electron chi connectivity index (χ2n) is 8.51. The minimum absolute atomic E-state index is 0.0441. The number of benzene rings is 1. The molecule has 8 heteroatoms. The van der Waals surface area contributed by atoms with Crippen molar-refractivity contribution in [2.24, 2.45) is 5.92 Å². The van der Waals surface area contributed by atoms with Crippen LogP contribution in [0.5, 0.6) is 11.5 Å². The molecule has 1 fully saturated rings. The number of amides is 1. The molecule has 2 rings (SSSR count). The highest BCUT2D eigenvalue weighted by molar-refractivity contribution is 7.90. The SMILES string of the molecule is COc1ccc(CCNC(=O)C2CCC(NS(=O)(=O)C(C)(C)C)CC2)cc1OC. The maximum atomic E-state index is 12.5. The number of sulfonamides is 1. The average molecular weight is 427 g/mol. The maximum absolute atomic E-state index is 12.5. The number of carbonyl (C=O) groups excluding carboxylic acids is 1. The lowest BCUT2D eigenvalue weighted by Crippen LogP contribution is -2.46. The molecule has 0 unspecified atom stereocenters. The van der Waals surface area contributed by atoms with Crippen molar-refractivity contribution in [2.75, 3.05) is 20.8 Å². The lowest BCUT2D eigenvalue weighted by molar-refractivity contribution is -0.125. The average Bonchev–Trinajstić information content (AvgIpc) is 2.67. The summed E-state index contributed by atoms with van der Waals surface area (Å²) in [4.78, 5) is 12.5. The van der Waals surface area contributed by atoms with E-state index in [1.165, 1.54) is 0 Å². The first-order valence-electron chi connectivity index (χ1n) is 10.1. The molecule has 29 heavy (non-hydrogen) atoms. The molecule has 1 aromatic rings. The van der Waals surface area contributed by atoms with E-state index in [9.17, 15) is 13.2 Å². The molecule has 0 aliphatic heterocycles. The van der Waals surface area contributed by atoms with Gasteiger partial charge in [-0.05, 0) is 70.6 Å². The van der Waals surface area contributed by atoms with E-state index in [1.54, 1.807) is 35.0 Å². The van der Waals surface area contributed by atoms with Crippen LogP contribution in [0.3, 0.4) is 0 Å². The molecule has 0 aromatic heterocycles. The zero-order valence-electron chi connectivity index (χ0n) is 18.1. The summed E-state index contributed by atoms with van der Waals surface area (Å²) >= 11 is 0. The Bertz CT molecular complexity index is 794. The first-order chi connectivity index (χ1) is 13.6. The Balaban J connectivity index is 1.77. The molecule has 0 spiro atoms. The molecular weight excluding hydrogens is 392 g/mol. The van der Waals surface area contributed by atoms with Crippen LogP contribution in [-0.2, 0) is 21.2 Å². The fraction of sp³-hybridized carbons (Fsp3) is 0.667. The molecule has 1 aliphatic carbocycles. The first-order valence-corrected chi connectivity index (χ1v) is 11.6. The van der Waals surface area contributed by atoms with E-state index in [0.29, 0.717) is 50.1 Å². The van der Waals surface area contributed by atoms with E-state index >= 15 is 0 Å². The van der Waals surface area contributed by atoms with Gasteiger partial charge in [-0.15, -0.1) is 0 Å². The predicted molar refractivity (Wildman–Crippen MR) is 114 cm³/mol. The third kappa shape index (κ3) is 6.34. The summed E-state index contributed by atoms with van der Waals surface area (Å²) in [6.45, 7) is 5.61. The van der Waals surface area contributed by atoms with Crippen molar-refractivity contribution in [1.29, 1.82) is 0 Å². The van der Waals surface area contributed by atoms with Crippen molar-refractivity contribution in [2.45, 2.75) is 63.7 Å². The Hall–Kier alpha value is -1.80. The van der Waals surface area contributed by atoms with Gasteiger partial charge in [0.05, 0.1) is 19.0 Å². The fourth-order valence-corrected chi connectivity index (χ4v) is 4.41. The summed E-state index contributed by atoms with van der Waals surface area (Å²) in [5.41, 5.74) is 1.06. The summed E-state index contributed by atoms with van der Waals surface area (Å²) in [6.07, 6.45) is 3.46. The number of hydrogen-bond donors (Lipinski definition) is 2. The Kier molecular flexibility index (Phi) is 7.94. The van der Waals surface area contributed by atoms with Crippen molar-refractivity contribution < 1.29 is 22.7 Å². The van der Waals surface area contributed by atoms with Gasteiger partial charge >= 0.3 is 0 Å². The molecule has 0 saturated heterocycles. The van der Waals surface area contributed by atoms with Gasteiger partial charge in [0.2, 0.25) is 15.9 Å². The highest BCUT2D eigenvalue weighted by Crippen LogP contribution is 2.28. The van der Waals surface area contributed by atoms with Gasteiger partial charge in [0, 0.05) is 18.5 Å². The topological polar surface area (TPSA) is 93.7 Å². The Morgan fingerprint density at radius 1 is 1.07 bits per heavy atom. The van der Waals surface area contributed by atoms with Crippen LogP contribution in [0.25, 0.3) is 0 Å². The number of hydrogen-bond acceptors (Lipinski definition) is 5. The monoisotopic (exact) mass is 426 g/mol. The molecule has 0 atom stereocenters. The summed E-state index contributed by atoms with van der Waals surface area (Å²) in [5.74, 6) is 1.34. The second kappa shape index (κ2) is 9.80. The van der Waals surface area contributed by atoms with Crippen LogP contribution in [-0.4, -0.2) is 45.9 Å². The van der Waals surface area contributed by atoms with Gasteiger partial charge in [0.15, 0.2) is 11.5 Å². The Labute approximate surface area is 174 Å². The second-order valence-corrected chi connectivity index (χ2v) is 11.0. The van der Waals surface area contributed by atoms with E-state index in [0.717, 1.165) is 5.56 Å². The van der Waals surface area contributed by atoms with Gasteiger partial charge in [-0.1, -0.05) is 6.07 Å². The highest BCUT2D eigenvalue weighted by atomic mass is 32.2. The van der Waals surface area contributed by atoms with Crippen LogP contribution >= 0.6 is 0 Å². The molecule has 164 valence electrons. The normalized spacial score (nSPS) is 20.2. The van der Waals surface area contributed by atoms with Gasteiger partial charge in [-0.3, -0.25) is 4.79 Å². The standard InChI is InChI=1S/C21H34N2O5S/c1-21(2,3)29(25,26)23-17-9-7-16(8-10-17)20(24)22-13-12-15-6-11-18(27-4)19(14-15)28-5/h6,11,14,16-17,23H,7-10,12-13H2,1-5H3,(H,22,24). The molecule has 0 bridgehead atoms. The van der Waals surface area contributed by atoms with Gasteiger partial charge in [-0.2, -0.15) is 0 Å². The summed E-state index contributed by atoms with van der Waals surface area (Å²) < 4.78 is 37.1. The molecule has 1 aromatic carbocycles. The molecule has 1 saturated carbocycles. The largest absolute Gasteiger partial charge is 0.493 e. The molecular formula is C21H34N2O5S. The van der Waals surface area contributed by atoms with E-state index in [4.69, 9.17) is 9.47 Å². The van der Waals surface area contributed by atoms with Gasteiger partial charge < -0.3 is 14.8 Å². The minimum atomic E-state index is -3.36. The fourth-order valence-electron chi connectivity index (χ4n) is 3.38. The molecule has 0 heterocycles. The number of carbonyl (C=O) groups is 1. The quantitative estimate of drug-likeness (QED) is 0.667. The van der Waals surface area contributed by atoms with E-state index in [1.807, 2.05) is 18.2 Å². The zero-order chi connectivity index (χ0) is 21.7.